The van der Waals surface area contributed by atoms with E-state index in [4.69, 9.17) is 0 Å². The normalized spacial score (nSPS) is 39.1. The summed E-state index contributed by atoms with van der Waals surface area (Å²) in [5.74, 6) is 1.81. The molecule has 2 aliphatic rings. The molecule has 0 heterocycles. The Balaban J connectivity index is 2.14. The minimum absolute atomic E-state index is 0.906. The molecular weight excluding hydrogens is 108 g/mol. The van der Waals surface area contributed by atoms with Crippen molar-refractivity contribution in [3.63, 3.8) is 0 Å². The fourth-order valence-electron chi connectivity index (χ4n) is 1.61. The highest BCUT2D eigenvalue weighted by Gasteiger charge is 2.26. The van der Waals surface area contributed by atoms with E-state index < -0.39 is 0 Å². The fourth-order valence-corrected chi connectivity index (χ4v) is 1.61. The summed E-state index contributed by atoms with van der Waals surface area (Å²) in [6.45, 7) is 0. The van der Waals surface area contributed by atoms with Crippen LogP contribution in [0.2, 0.25) is 0 Å². The van der Waals surface area contributed by atoms with Crippen molar-refractivity contribution in [1.29, 1.82) is 0 Å². The van der Waals surface area contributed by atoms with E-state index in [2.05, 4.69) is 24.3 Å². The van der Waals surface area contributed by atoms with Crippen molar-refractivity contribution >= 4 is 0 Å². The average molecular weight is 120 g/mol. The first kappa shape index (κ1) is 5.28. The van der Waals surface area contributed by atoms with Crippen LogP contribution in [0.15, 0.2) is 24.3 Å². The maximum Gasteiger partial charge on any atom is -0.0169 e. The van der Waals surface area contributed by atoms with Gasteiger partial charge in [0.2, 0.25) is 0 Å². The number of fused-ring (bicyclic) bond motifs is 1. The fraction of sp³-hybridized carbons (Fsp3) is 0.556. The van der Waals surface area contributed by atoms with Gasteiger partial charge in [-0.1, -0.05) is 24.3 Å². The lowest BCUT2D eigenvalue weighted by molar-refractivity contribution is 0.287. The van der Waals surface area contributed by atoms with Gasteiger partial charge in [0.05, 0.1) is 0 Å². The van der Waals surface area contributed by atoms with E-state index in [0.717, 1.165) is 18.3 Å². The molecule has 2 atom stereocenters. The monoisotopic (exact) mass is 120 g/mol. The van der Waals surface area contributed by atoms with Crippen molar-refractivity contribution in [3.8, 4) is 0 Å². The van der Waals surface area contributed by atoms with Crippen LogP contribution < -0.4 is 0 Å². The first-order chi connectivity index (χ1) is 4.47. The quantitative estimate of drug-likeness (QED) is 0.431. The molecule has 48 valence electrons. The Labute approximate surface area is 56.3 Å². The maximum absolute atomic E-state index is 2.38. The molecule has 0 N–H and O–H groups in total. The van der Waals surface area contributed by atoms with E-state index in [9.17, 15) is 0 Å². The Morgan fingerprint density at radius 1 is 0.889 bits per heavy atom. The molecule has 0 heteroatoms. The topological polar surface area (TPSA) is 0 Å². The van der Waals surface area contributed by atoms with Crippen LogP contribution in [0.4, 0.5) is 0 Å². The van der Waals surface area contributed by atoms with Crippen LogP contribution in [0.5, 0.6) is 0 Å². The van der Waals surface area contributed by atoms with Gasteiger partial charge >= 0.3 is 0 Å². The molecule has 9 heavy (non-hydrogen) atoms. The molecule has 0 aromatic rings. The van der Waals surface area contributed by atoms with Gasteiger partial charge in [-0.25, -0.2) is 0 Å². The summed E-state index contributed by atoms with van der Waals surface area (Å²) in [5, 5.41) is 0. The second-order valence-electron chi connectivity index (χ2n) is 3.00. The second kappa shape index (κ2) is 2.02. The van der Waals surface area contributed by atoms with E-state index in [0.29, 0.717) is 0 Å². The van der Waals surface area contributed by atoms with Gasteiger partial charge in [-0.05, 0) is 31.1 Å². The third-order valence-corrected chi connectivity index (χ3v) is 2.42. The molecule has 0 spiro atoms. The van der Waals surface area contributed by atoms with Gasteiger partial charge in [-0.3, -0.25) is 0 Å². The summed E-state index contributed by atoms with van der Waals surface area (Å²) in [5.41, 5.74) is 0. The van der Waals surface area contributed by atoms with E-state index >= 15 is 0 Å². The Morgan fingerprint density at radius 2 is 1.44 bits per heavy atom. The molecule has 0 radical (unpaired) electrons. The minimum Gasteiger partial charge on any atom is -0.0845 e. The van der Waals surface area contributed by atoms with Crippen LogP contribution in [-0.2, 0) is 0 Å². The first-order valence-corrected chi connectivity index (χ1v) is 3.80. The van der Waals surface area contributed by atoms with Gasteiger partial charge in [-0.15, -0.1) is 0 Å². The third kappa shape index (κ3) is 0.827. The van der Waals surface area contributed by atoms with E-state index in [-0.39, 0.29) is 0 Å². The second-order valence-corrected chi connectivity index (χ2v) is 3.00. The van der Waals surface area contributed by atoms with Crippen LogP contribution in [0.1, 0.15) is 19.3 Å². The molecule has 0 aromatic carbocycles. The summed E-state index contributed by atoms with van der Waals surface area (Å²) in [6, 6.07) is 0. The lowest BCUT2D eigenvalue weighted by atomic mass is 9.74. The molecule has 0 saturated heterocycles. The van der Waals surface area contributed by atoms with E-state index in [1.807, 2.05) is 0 Å². The first-order valence-electron chi connectivity index (χ1n) is 3.80. The number of rotatable bonds is 0. The van der Waals surface area contributed by atoms with Gasteiger partial charge in [0, 0.05) is 0 Å². The molecule has 0 bridgehead atoms. The standard InChI is InChI=1S/C9H12/c1-2-4-8-6-7-9(8)5-3-1/h2-5,8-9H,1,6-7H2/t8-,9+. The van der Waals surface area contributed by atoms with Crippen molar-refractivity contribution in [1.82, 2.24) is 0 Å². The molecule has 1 fully saturated rings. The van der Waals surface area contributed by atoms with Crippen molar-refractivity contribution in [2.24, 2.45) is 11.8 Å². The summed E-state index contributed by atoms with van der Waals surface area (Å²) in [7, 11) is 0. The minimum atomic E-state index is 0.906. The zero-order valence-electron chi connectivity index (χ0n) is 5.59. The Bertz CT molecular complexity index is 135. The van der Waals surface area contributed by atoms with Crippen LogP contribution >= 0.6 is 0 Å². The van der Waals surface area contributed by atoms with Crippen LogP contribution in [0.3, 0.4) is 0 Å². The lowest BCUT2D eigenvalue weighted by Crippen LogP contribution is -2.20. The van der Waals surface area contributed by atoms with E-state index in [1.165, 1.54) is 12.8 Å². The molecule has 2 aliphatic carbocycles. The summed E-state index contributed by atoms with van der Waals surface area (Å²) >= 11 is 0. The Kier molecular flexibility index (Phi) is 1.18. The van der Waals surface area contributed by atoms with Crippen LogP contribution in [-0.4, -0.2) is 0 Å². The predicted octanol–water partition coefficient (Wildman–Crippen LogP) is 2.53. The number of hydrogen-bond acceptors (Lipinski definition) is 0. The van der Waals surface area contributed by atoms with Gasteiger partial charge in [0.15, 0.2) is 0 Å². The van der Waals surface area contributed by atoms with Crippen molar-refractivity contribution in [2.75, 3.05) is 0 Å². The maximum atomic E-state index is 2.38. The zero-order valence-corrected chi connectivity index (χ0v) is 5.59. The Morgan fingerprint density at radius 3 is 1.89 bits per heavy atom. The SMILES string of the molecule is C1=C[C@@H]2CC[C@@H]2C=CC1. The van der Waals surface area contributed by atoms with Crippen molar-refractivity contribution < 1.29 is 0 Å². The molecule has 0 nitrogen and oxygen atoms in total. The van der Waals surface area contributed by atoms with Crippen LogP contribution in [0, 0.1) is 11.8 Å². The van der Waals surface area contributed by atoms with Gasteiger partial charge in [0.1, 0.15) is 0 Å². The lowest BCUT2D eigenvalue weighted by Gasteiger charge is -2.31. The van der Waals surface area contributed by atoms with E-state index in [1.54, 1.807) is 0 Å². The largest absolute Gasteiger partial charge is 0.0845 e. The highest BCUT2D eigenvalue weighted by Crippen LogP contribution is 2.37. The third-order valence-electron chi connectivity index (χ3n) is 2.42. The molecule has 2 rings (SSSR count). The molecule has 0 unspecified atom stereocenters. The number of hydrogen-bond donors (Lipinski definition) is 0. The highest BCUT2D eigenvalue weighted by molar-refractivity contribution is 5.10. The van der Waals surface area contributed by atoms with Crippen molar-refractivity contribution in [3.05, 3.63) is 24.3 Å². The smallest absolute Gasteiger partial charge is 0.0169 e. The highest BCUT2D eigenvalue weighted by atomic mass is 14.3. The van der Waals surface area contributed by atoms with Gasteiger partial charge < -0.3 is 0 Å². The number of allylic oxidation sites excluding steroid dienone is 4. The molecule has 0 amide bonds. The summed E-state index contributed by atoms with van der Waals surface area (Å²) in [4.78, 5) is 0. The Hall–Kier alpha value is -0.520. The summed E-state index contributed by atoms with van der Waals surface area (Å²) < 4.78 is 0. The van der Waals surface area contributed by atoms with Crippen LogP contribution in [0.25, 0.3) is 0 Å². The molecule has 0 aromatic heterocycles. The predicted molar refractivity (Wildman–Crippen MR) is 39.1 cm³/mol. The summed E-state index contributed by atoms with van der Waals surface area (Å²) in [6.07, 6.45) is 13.4. The zero-order chi connectivity index (χ0) is 6.10. The van der Waals surface area contributed by atoms with Gasteiger partial charge in [0.25, 0.3) is 0 Å². The molecule has 1 saturated carbocycles. The average Bonchev–Trinajstić information content (AvgIpc) is 1.94. The van der Waals surface area contributed by atoms with Gasteiger partial charge in [-0.2, -0.15) is 0 Å². The molecular formula is C9H12. The van der Waals surface area contributed by atoms with Crippen molar-refractivity contribution in [2.45, 2.75) is 19.3 Å². The molecule has 0 aliphatic heterocycles.